The number of amides is 1. The van der Waals surface area contributed by atoms with Gasteiger partial charge in [-0.05, 0) is 44.7 Å². The van der Waals surface area contributed by atoms with E-state index in [1.807, 2.05) is 0 Å². The third-order valence-electron chi connectivity index (χ3n) is 3.44. The lowest BCUT2D eigenvalue weighted by molar-refractivity contribution is -0.121. The summed E-state index contributed by atoms with van der Waals surface area (Å²) in [6.45, 7) is 3.26. The summed E-state index contributed by atoms with van der Waals surface area (Å²) >= 11 is 0. The predicted octanol–water partition coefficient (Wildman–Crippen LogP) is 1.96. The fourth-order valence-corrected chi connectivity index (χ4v) is 1.95. The molecule has 3 N–H and O–H groups in total. The molecule has 1 unspecified atom stereocenters. The zero-order valence-corrected chi connectivity index (χ0v) is 10.7. The number of benzene rings is 1. The Kier molecular flexibility index (Phi) is 3.22. The summed E-state index contributed by atoms with van der Waals surface area (Å²) in [5.74, 6) is 0.0583. The van der Waals surface area contributed by atoms with Gasteiger partial charge in [0.15, 0.2) is 5.78 Å². The van der Waals surface area contributed by atoms with Crippen molar-refractivity contribution in [2.45, 2.75) is 32.2 Å². The summed E-state index contributed by atoms with van der Waals surface area (Å²) in [7, 11) is 0. The number of nitrogens with two attached hydrogens (primary N) is 1. The monoisotopic (exact) mass is 246 g/mol. The van der Waals surface area contributed by atoms with Gasteiger partial charge in [0.25, 0.3) is 0 Å². The number of ketones is 1. The van der Waals surface area contributed by atoms with Gasteiger partial charge in [-0.3, -0.25) is 9.59 Å². The van der Waals surface area contributed by atoms with Crippen molar-refractivity contribution < 1.29 is 9.59 Å². The highest BCUT2D eigenvalue weighted by Gasteiger charge is 2.44. The fourth-order valence-electron chi connectivity index (χ4n) is 1.95. The van der Waals surface area contributed by atoms with Gasteiger partial charge in [0, 0.05) is 11.3 Å². The van der Waals surface area contributed by atoms with Gasteiger partial charge in [-0.1, -0.05) is 12.1 Å². The molecule has 1 aromatic carbocycles. The molecule has 1 atom stereocenters. The first-order chi connectivity index (χ1) is 8.41. The second-order valence-electron chi connectivity index (χ2n) is 5.15. The molecule has 0 saturated heterocycles. The maximum absolute atomic E-state index is 12.1. The zero-order chi connectivity index (χ0) is 13.3. The maximum Gasteiger partial charge on any atom is 0.244 e. The number of carbonyl (C=O) groups is 2. The molecule has 1 amide bonds. The molecule has 4 nitrogen and oxygen atoms in total. The van der Waals surface area contributed by atoms with E-state index in [1.165, 1.54) is 6.92 Å². The summed E-state index contributed by atoms with van der Waals surface area (Å²) in [6.07, 6.45) is 2.02. The molecule has 0 aromatic heterocycles. The zero-order valence-electron chi connectivity index (χ0n) is 10.7. The third kappa shape index (κ3) is 2.59. The van der Waals surface area contributed by atoms with Crippen LogP contribution in [0.5, 0.6) is 0 Å². The first-order valence-electron chi connectivity index (χ1n) is 6.12. The van der Waals surface area contributed by atoms with Gasteiger partial charge in [-0.15, -0.1) is 0 Å². The molecule has 4 heteroatoms. The molecule has 0 radical (unpaired) electrons. The van der Waals surface area contributed by atoms with Gasteiger partial charge < -0.3 is 11.1 Å². The van der Waals surface area contributed by atoms with Crippen molar-refractivity contribution in [3.8, 4) is 0 Å². The number of hydrogen-bond donors (Lipinski definition) is 2. The van der Waals surface area contributed by atoms with E-state index in [-0.39, 0.29) is 17.6 Å². The molecule has 1 aromatic rings. The van der Waals surface area contributed by atoms with Crippen LogP contribution >= 0.6 is 0 Å². The molecule has 2 rings (SSSR count). The number of carbonyl (C=O) groups excluding carboxylic acids is 2. The van der Waals surface area contributed by atoms with E-state index in [0.717, 1.165) is 12.8 Å². The second-order valence-corrected chi connectivity index (χ2v) is 5.15. The SMILES string of the molecule is CC(=O)c1cccc(NC(=O)C(C)(N)C2CC2)c1. The van der Waals surface area contributed by atoms with Crippen LogP contribution < -0.4 is 11.1 Å². The molecule has 18 heavy (non-hydrogen) atoms. The van der Waals surface area contributed by atoms with Gasteiger partial charge in [0.05, 0.1) is 5.54 Å². The molecule has 96 valence electrons. The largest absolute Gasteiger partial charge is 0.324 e. The first kappa shape index (κ1) is 12.8. The highest BCUT2D eigenvalue weighted by molar-refractivity contribution is 6.00. The standard InChI is InChI=1S/C14H18N2O2/c1-9(17)10-4-3-5-12(8-10)16-13(18)14(2,15)11-6-7-11/h3-5,8,11H,6-7,15H2,1-2H3,(H,16,18). The summed E-state index contributed by atoms with van der Waals surface area (Å²) in [5, 5.41) is 2.78. The Hall–Kier alpha value is -1.68. The van der Waals surface area contributed by atoms with Crippen LogP contribution in [0.3, 0.4) is 0 Å². The normalized spacial score (nSPS) is 17.9. The Morgan fingerprint density at radius 2 is 2.06 bits per heavy atom. The Morgan fingerprint density at radius 1 is 1.39 bits per heavy atom. The van der Waals surface area contributed by atoms with Crippen LogP contribution in [0, 0.1) is 5.92 Å². The summed E-state index contributed by atoms with van der Waals surface area (Å²) < 4.78 is 0. The minimum atomic E-state index is -0.827. The highest BCUT2D eigenvalue weighted by atomic mass is 16.2. The average molecular weight is 246 g/mol. The van der Waals surface area contributed by atoms with E-state index in [1.54, 1.807) is 31.2 Å². The summed E-state index contributed by atoms with van der Waals surface area (Å²) in [4.78, 5) is 23.3. The van der Waals surface area contributed by atoms with E-state index in [0.29, 0.717) is 11.3 Å². The van der Waals surface area contributed by atoms with E-state index in [9.17, 15) is 9.59 Å². The molecule has 1 fully saturated rings. The first-order valence-corrected chi connectivity index (χ1v) is 6.12. The van der Waals surface area contributed by atoms with Crippen LogP contribution in [0.15, 0.2) is 24.3 Å². The van der Waals surface area contributed by atoms with Crippen LogP contribution in [0.1, 0.15) is 37.0 Å². The fraction of sp³-hybridized carbons (Fsp3) is 0.429. The van der Waals surface area contributed by atoms with Crippen molar-refractivity contribution in [2.24, 2.45) is 11.7 Å². The molecular weight excluding hydrogens is 228 g/mol. The van der Waals surface area contributed by atoms with Crippen LogP contribution in [-0.2, 0) is 4.79 Å². The number of anilines is 1. The van der Waals surface area contributed by atoms with Crippen LogP contribution in [0.4, 0.5) is 5.69 Å². The molecule has 1 aliphatic carbocycles. The Bertz CT molecular complexity index is 490. The summed E-state index contributed by atoms with van der Waals surface area (Å²) in [5.41, 5.74) is 6.40. The molecule has 0 aliphatic heterocycles. The Morgan fingerprint density at radius 3 is 2.61 bits per heavy atom. The molecule has 1 aliphatic rings. The van der Waals surface area contributed by atoms with Gasteiger partial charge in [0.2, 0.25) is 5.91 Å². The van der Waals surface area contributed by atoms with E-state index < -0.39 is 5.54 Å². The van der Waals surface area contributed by atoms with Crippen LogP contribution in [0.25, 0.3) is 0 Å². The van der Waals surface area contributed by atoms with Crippen molar-refractivity contribution in [3.05, 3.63) is 29.8 Å². The van der Waals surface area contributed by atoms with E-state index in [2.05, 4.69) is 5.32 Å². The quantitative estimate of drug-likeness (QED) is 0.798. The van der Waals surface area contributed by atoms with Gasteiger partial charge in [-0.25, -0.2) is 0 Å². The average Bonchev–Trinajstić information content (AvgIpc) is 3.13. The minimum Gasteiger partial charge on any atom is -0.324 e. The maximum atomic E-state index is 12.1. The summed E-state index contributed by atoms with van der Waals surface area (Å²) in [6, 6.07) is 6.90. The van der Waals surface area contributed by atoms with Crippen LogP contribution in [-0.4, -0.2) is 17.2 Å². The third-order valence-corrected chi connectivity index (χ3v) is 3.44. The highest BCUT2D eigenvalue weighted by Crippen LogP contribution is 2.38. The Balaban J connectivity index is 2.11. The van der Waals surface area contributed by atoms with Crippen molar-refractivity contribution in [1.82, 2.24) is 0 Å². The second kappa shape index (κ2) is 4.53. The van der Waals surface area contributed by atoms with Crippen molar-refractivity contribution in [3.63, 3.8) is 0 Å². The van der Waals surface area contributed by atoms with Gasteiger partial charge in [0.1, 0.15) is 0 Å². The topological polar surface area (TPSA) is 72.2 Å². The Labute approximate surface area is 107 Å². The molecule has 0 heterocycles. The lowest BCUT2D eigenvalue weighted by atomic mass is 9.96. The number of Topliss-reactive ketones (excluding diaryl/α,β-unsaturated/α-hetero) is 1. The van der Waals surface area contributed by atoms with Crippen molar-refractivity contribution in [1.29, 1.82) is 0 Å². The van der Waals surface area contributed by atoms with Crippen LogP contribution in [0.2, 0.25) is 0 Å². The van der Waals surface area contributed by atoms with Crippen molar-refractivity contribution >= 4 is 17.4 Å². The van der Waals surface area contributed by atoms with E-state index >= 15 is 0 Å². The molecule has 1 saturated carbocycles. The molecular formula is C14H18N2O2. The molecule has 0 spiro atoms. The number of nitrogens with one attached hydrogen (secondary N) is 1. The predicted molar refractivity (Wildman–Crippen MR) is 70.4 cm³/mol. The van der Waals surface area contributed by atoms with Crippen molar-refractivity contribution in [2.75, 3.05) is 5.32 Å². The molecule has 0 bridgehead atoms. The smallest absolute Gasteiger partial charge is 0.244 e. The van der Waals surface area contributed by atoms with E-state index in [4.69, 9.17) is 5.73 Å². The van der Waals surface area contributed by atoms with Gasteiger partial charge >= 0.3 is 0 Å². The van der Waals surface area contributed by atoms with Gasteiger partial charge in [-0.2, -0.15) is 0 Å². The lowest BCUT2D eigenvalue weighted by Crippen LogP contribution is -2.50. The number of hydrogen-bond acceptors (Lipinski definition) is 3. The lowest BCUT2D eigenvalue weighted by Gasteiger charge is -2.23. The number of rotatable bonds is 4. The minimum absolute atomic E-state index is 0.0243.